The molecule has 0 aromatic heterocycles. The van der Waals surface area contributed by atoms with E-state index in [2.05, 4.69) is 5.32 Å². The van der Waals surface area contributed by atoms with Crippen LogP contribution in [0.1, 0.15) is 78.2 Å². The average molecular weight is 480 g/mol. The first-order valence-corrected chi connectivity index (χ1v) is 11.9. The highest BCUT2D eigenvalue weighted by Crippen LogP contribution is 2.30. The summed E-state index contributed by atoms with van der Waals surface area (Å²) in [5, 5.41) is 12.5. The second kappa shape index (κ2) is 15.8. The number of carboxylic acids is 1. The number of aliphatic carboxylic acids is 1. The highest BCUT2D eigenvalue weighted by Gasteiger charge is 2.21. The van der Waals surface area contributed by atoms with E-state index in [-0.39, 0.29) is 43.3 Å². The van der Waals surface area contributed by atoms with Crippen molar-refractivity contribution in [3.63, 3.8) is 0 Å². The summed E-state index contributed by atoms with van der Waals surface area (Å²) in [6.45, 7) is 7.53. The molecule has 9 nitrogen and oxygen atoms in total. The molecule has 0 spiro atoms. The fourth-order valence-corrected chi connectivity index (χ4v) is 3.04. The zero-order chi connectivity index (χ0) is 25.5. The van der Waals surface area contributed by atoms with Gasteiger partial charge in [-0.2, -0.15) is 0 Å². The van der Waals surface area contributed by atoms with Crippen molar-refractivity contribution in [2.75, 3.05) is 6.54 Å². The second-order valence-electron chi connectivity index (χ2n) is 8.14. The van der Waals surface area contributed by atoms with E-state index < -0.39 is 30.1 Å². The van der Waals surface area contributed by atoms with Gasteiger partial charge in [-0.3, -0.25) is 19.2 Å². The number of hydrogen-bond donors (Lipinski definition) is 2. The molecule has 0 saturated heterocycles. The minimum absolute atomic E-state index is 0.0720. The maximum absolute atomic E-state index is 12.0. The van der Waals surface area contributed by atoms with Crippen LogP contribution >= 0.6 is 0 Å². The van der Waals surface area contributed by atoms with Gasteiger partial charge in [-0.25, -0.2) is 0 Å². The molecule has 0 aliphatic heterocycles. The first kappa shape index (κ1) is 29.1. The van der Waals surface area contributed by atoms with E-state index in [0.29, 0.717) is 24.8 Å². The Hall–Kier alpha value is -2.94. The number of carbonyl (C=O) groups excluding carboxylic acids is 3. The van der Waals surface area contributed by atoms with Crippen molar-refractivity contribution in [2.45, 2.75) is 91.2 Å². The number of ether oxygens (including phenoxy) is 3. The molecule has 2 N–H and O–H groups in total. The summed E-state index contributed by atoms with van der Waals surface area (Å²) in [6.07, 6.45) is 3.16. The average Bonchev–Trinajstić information content (AvgIpc) is 2.76. The Balaban J connectivity index is 2.90. The molecule has 0 heterocycles. The SMILES string of the molecule is CCCCC(=O)OC(C)CN[C@@H](Cc1ccc(OC(=O)CCC)c(OC(=O)CCC)c1)C(=O)O. The predicted molar refractivity (Wildman–Crippen MR) is 126 cm³/mol. The van der Waals surface area contributed by atoms with Crippen LogP contribution in [-0.2, 0) is 30.3 Å². The molecule has 0 bridgehead atoms. The monoisotopic (exact) mass is 479 g/mol. The Labute approximate surface area is 201 Å². The number of rotatable bonds is 16. The molecule has 0 fully saturated rings. The van der Waals surface area contributed by atoms with Gasteiger partial charge in [0.2, 0.25) is 0 Å². The third-order valence-electron chi connectivity index (χ3n) is 4.82. The summed E-state index contributed by atoms with van der Waals surface area (Å²) < 4.78 is 16.0. The quantitative estimate of drug-likeness (QED) is 0.269. The number of esters is 3. The second-order valence-corrected chi connectivity index (χ2v) is 8.14. The van der Waals surface area contributed by atoms with E-state index in [1.807, 2.05) is 20.8 Å². The maximum Gasteiger partial charge on any atom is 0.321 e. The topological polar surface area (TPSA) is 128 Å². The zero-order valence-electron chi connectivity index (χ0n) is 20.6. The van der Waals surface area contributed by atoms with Crippen LogP contribution in [-0.4, -0.2) is 47.7 Å². The Kier molecular flexibility index (Phi) is 13.5. The lowest BCUT2D eigenvalue weighted by molar-refractivity contribution is -0.148. The molecule has 9 heteroatoms. The zero-order valence-corrected chi connectivity index (χ0v) is 20.6. The van der Waals surface area contributed by atoms with E-state index in [9.17, 15) is 24.3 Å². The normalized spacial score (nSPS) is 12.5. The van der Waals surface area contributed by atoms with Crippen LogP contribution < -0.4 is 14.8 Å². The van der Waals surface area contributed by atoms with Crippen molar-refractivity contribution in [1.29, 1.82) is 0 Å². The van der Waals surface area contributed by atoms with E-state index in [0.717, 1.165) is 12.8 Å². The van der Waals surface area contributed by atoms with Gasteiger partial charge in [0.25, 0.3) is 0 Å². The number of hydrogen-bond acceptors (Lipinski definition) is 8. The van der Waals surface area contributed by atoms with Crippen LogP contribution in [0.5, 0.6) is 11.5 Å². The number of nitrogens with one attached hydrogen (secondary N) is 1. The fraction of sp³-hybridized carbons (Fsp3) is 0.600. The molecule has 1 aromatic rings. The van der Waals surface area contributed by atoms with Crippen molar-refractivity contribution in [1.82, 2.24) is 5.32 Å². The van der Waals surface area contributed by atoms with E-state index in [4.69, 9.17) is 14.2 Å². The Morgan fingerprint density at radius 1 is 0.882 bits per heavy atom. The van der Waals surface area contributed by atoms with Crippen LogP contribution in [0.2, 0.25) is 0 Å². The summed E-state index contributed by atoms with van der Waals surface area (Å²) in [5.41, 5.74) is 0.571. The van der Waals surface area contributed by atoms with Crippen molar-refractivity contribution in [2.24, 2.45) is 0 Å². The minimum Gasteiger partial charge on any atom is -0.480 e. The van der Waals surface area contributed by atoms with Crippen LogP contribution in [0.3, 0.4) is 0 Å². The van der Waals surface area contributed by atoms with Gasteiger partial charge < -0.3 is 24.6 Å². The van der Waals surface area contributed by atoms with Crippen LogP contribution in [0.4, 0.5) is 0 Å². The van der Waals surface area contributed by atoms with Gasteiger partial charge in [-0.1, -0.05) is 33.3 Å². The lowest BCUT2D eigenvalue weighted by Crippen LogP contribution is -2.42. The number of benzene rings is 1. The van der Waals surface area contributed by atoms with E-state index in [1.165, 1.54) is 12.1 Å². The van der Waals surface area contributed by atoms with Crippen molar-refractivity contribution >= 4 is 23.9 Å². The Morgan fingerprint density at radius 2 is 1.50 bits per heavy atom. The summed E-state index contributed by atoms with van der Waals surface area (Å²) in [5.74, 6) is -2.13. The lowest BCUT2D eigenvalue weighted by atomic mass is 10.0. The minimum atomic E-state index is -1.08. The molecular formula is C25H37NO8. The van der Waals surface area contributed by atoms with E-state index in [1.54, 1.807) is 13.0 Å². The van der Waals surface area contributed by atoms with Gasteiger partial charge in [-0.15, -0.1) is 0 Å². The number of carboxylic acid groups (broad SMARTS) is 1. The number of carbonyl (C=O) groups is 4. The molecule has 1 rings (SSSR count). The molecule has 1 aromatic carbocycles. The molecule has 0 amide bonds. The van der Waals surface area contributed by atoms with Crippen molar-refractivity contribution < 1.29 is 38.5 Å². The molecule has 190 valence electrons. The van der Waals surface area contributed by atoms with Gasteiger partial charge in [0.1, 0.15) is 12.1 Å². The van der Waals surface area contributed by atoms with Gasteiger partial charge in [0.05, 0.1) is 0 Å². The molecule has 0 aliphatic carbocycles. The molecule has 0 saturated carbocycles. The standard InChI is InChI=1S/C25H37NO8/c1-5-8-11-24(29)32-17(4)16-26-19(25(30)31)14-18-12-13-20(33-22(27)9-6-2)21(15-18)34-23(28)10-7-3/h12-13,15,17,19,26H,5-11,14,16H2,1-4H3,(H,30,31)/t17?,19-/m0/s1. The Morgan fingerprint density at radius 3 is 2.06 bits per heavy atom. The third-order valence-corrected chi connectivity index (χ3v) is 4.82. The summed E-state index contributed by atoms with van der Waals surface area (Å²) >= 11 is 0. The molecule has 2 atom stereocenters. The molecule has 34 heavy (non-hydrogen) atoms. The summed E-state index contributed by atoms with van der Waals surface area (Å²) in [6, 6.07) is 3.66. The molecular weight excluding hydrogens is 442 g/mol. The van der Waals surface area contributed by atoms with Crippen LogP contribution in [0.25, 0.3) is 0 Å². The first-order chi connectivity index (χ1) is 16.2. The molecule has 1 unspecified atom stereocenters. The maximum atomic E-state index is 12.0. The van der Waals surface area contributed by atoms with Crippen molar-refractivity contribution in [3.8, 4) is 11.5 Å². The molecule has 0 aliphatic rings. The van der Waals surface area contributed by atoms with Crippen LogP contribution in [0, 0.1) is 0 Å². The lowest BCUT2D eigenvalue weighted by Gasteiger charge is -2.19. The van der Waals surface area contributed by atoms with Gasteiger partial charge in [0.15, 0.2) is 11.5 Å². The first-order valence-electron chi connectivity index (χ1n) is 11.9. The highest BCUT2D eigenvalue weighted by molar-refractivity contribution is 5.77. The van der Waals surface area contributed by atoms with Gasteiger partial charge >= 0.3 is 23.9 Å². The summed E-state index contributed by atoms with van der Waals surface area (Å²) in [7, 11) is 0. The highest BCUT2D eigenvalue weighted by atomic mass is 16.6. The number of unbranched alkanes of at least 4 members (excludes halogenated alkanes) is 1. The fourth-order valence-electron chi connectivity index (χ4n) is 3.04. The third kappa shape index (κ3) is 11.3. The largest absolute Gasteiger partial charge is 0.480 e. The van der Waals surface area contributed by atoms with Gasteiger partial charge in [-0.05, 0) is 50.3 Å². The van der Waals surface area contributed by atoms with Crippen LogP contribution in [0.15, 0.2) is 18.2 Å². The van der Waals surface area contributed by atoms with E-state index >= 15 is 0 Å². The predicted octanol–water partition coefficient (Wildman–Crippen LogP) is 3.80. The van der Waals surface area contributed by atoms with Crippen molar-refractivity contribution in [3.05, 3.63) is 23.8 Å². The summed E-state index contributed by atoms with van der Waals surface area (Å²) in [4.78, 5) is 47.5. The smallest absolute Gasteiger partial charge is 0.321 e. The molecule has 0 radical (unpaired) electrons. The Bertz CT molecular complexity index is 823. The van der Waals surface area contributed by atoms with Gasteiger partial charge in [0, 0.05) is 25.8 Å².